The van der Waals surface area contributed by atoms with Crippen LogP contribution >= 0.6 is 0 Å². The van der Waals surface area contributed by atoms with Gasteiger partial charge in [-0.25, -0.2) is 4.98 Å². The third kappa shape index (κ3) is 2.50. The van der Waals surface area contributed by atoms with Gasteiger partial charge in [0.2, 0.25) is 0 Å². The first kappa shape index (κ1) is 15.0. The Morgan fingerprint density at radius 3 is 2.62 bits per heavy atom. The van der Waals surface area contributed by atoms with E-state index >= 15 is 0 Å². The van der Waals surface area contributed by atoms with Crippen LogP contribution in [0.3, 0.4) is 0 Å². The van der Waals surface area contributed by atoms with Gasteiger partial charge >= 0.3 is 0 Å². The van der Waals surface area contributed by atoms with Crippen LogP contribution in [0.1, 0.15) is 25.0 Å². The molecule has 1 fully saturated rings. The van der Waals surface area contributed by atoms with Crippen molar-refractivity contribution in [1.29, 1.82) is 0 Å². The van der Waals surface area contributed by atoms with Crippen molar-refractivity contribution in [2.45, 2.75) is 26.2 Å². The minimum absolute atomic E-state index is 0.843. The molecule has 0 bridgehead atoms. The summed E-state index contributed by atoms with van der Waals surface area (Å²) in [6.07, 6.45) is 5.69. The lowest BCUT2D eigenvalue weighted by Gasteiger charge is -2.29. The molecule has 124 valence electrons. The first-order valence-electron chi connectivity index (χ1n) is 8.51. The normalized spacial score (nSPS) is 15.0. The zero-order valence-electron chi connectivity index (χ0n) is 14.2. The molecule has 0 saturated carbocycles. The second-order valence-corrected chi connectivity index (χ2v) is 6.30. The van der Waals surface area contributed by atoms with Crippen LogP contribution in [0, 0.1) is 6.92 Å². The number of para-hydroxylation sites is 1. The van der Waals surface area contributed by atoms with Gasteiger partial charge in [0.25, 0.3) is 0 Å². The minimum atomic E-state index is 0.843. The van der Waals surface area contributed by atoms with Crippen LogP contribution in [0.15, 0.2) is 36.5 Å². The van der Waals surface area contributed by atoms with Crippen molar-refractivity contribution in [3.63, 3.8) is 0 Å². The quantitative estimate of drug-likeness (QED) is 0.737. The lowest BCUT2D eigenvalue weighted by molar-refractivity contribution is 0.416. The summed E-state index contributed by atoms with van der Waals surface area (Å²) in [7, 11) is 1.70. The average Bonchev–Trinajstić information content (AvgIpc) is 3.05. The van der Waals surface area contributed by atoms with Crippen molar-refractivity contribution < 1.29 is 4.74 Å². The van der Waals surface area contributed by atoms with Crippen molar-refractivity contribution in [3.8, 4) is 16.9 Å². The summed E-state index contributed by atoms with van der Waals surface area (Å²) in [5.74, 6) is 1.98. The molecule has 0 amide bonds. The van der Waals surface area contributed by atoms with Gasteiger partial charge in [-0.2, -0.15) is 9.61 Å². The molecule has 0 aliphatic carbocycles. The molecule has 1 aromatic carbocycles. The van der Waals surface area contributed by atoms with Gasteiger partial charge in [-0.1, -0.05) is 18.2 Å². The maximum atomic E-state index is 5.52. The Bertz CT molecular complexity index is 865. The van der Waals surface area contributed by atoms with Crippen molar-refractivity contribution in [3.05, 3.63) is 42.2 Å². The standard InChI is InChI=1S/C19H22N4O/c1-14-12-18(22-10-6-3-7-11-22)23-19(21-14)16(13-20-23)15-8-4-5-9-17(15)24-2/h4-5,8-9,12-13H,3,6-7,10-11H2,1-2H3. The number of aromatic nitrogens is 3. The monoisotopic (exact) mass is 322 g/mol. The highest BCUT2D eigenvalue weighted by Crippen LogP contribution is 2.33. The molecule has 0 radical (unpaired) electrons. The molecule has 0 atom stereocenters. The summed E-state index contributed by atoms with van der Waals surface area (Å²) in [6.45, 7) is 4.22. The lowest BCUT2D eigenvalue weighted by Crippen LogP contribution is -2.31. The van der Waals surface area contributed by atoms with E-state index in [4.69, 9.17) is 9.72 Å². The van der Waals surface area contributed by atoms with E-state index < -0.39 is 0 Å². The number of nitrogens with zero attached hydrogens (tertiary/aromatic N) is 4. The first-order chi connectivity index (χ1) is 11.8. The van der Waals surface area contributed by atoms with Gasteiger partial charge in [0.15, 0.2) is 5.65 Å². The molecule has 1 aliphatic heterocycles. The molecule has 5 nitrogen and oxygen atoms in total. The topological polar surface area (TPSA) is 42.7 Å². The van der Waals surface area contributed by atoms with E-state index in [0.29, 0.717) is 0 Å². The molecule has 2 aromatic heterocycles. The van der Waals surface area contributed by atoms with Crippen molar-refractivity contribution >= 4 is 11.5 Å². The number of methoxy groups -OCH3 is 1. The average molecular weight is 322 g/mol. The van der Waals surface area contributed by atoms with Crippen LogP contribution in [0.25, 0.3) is 16.8 Å². The molecule has 1 aliphatic rings. The molecule has 3 aromatic rings. The van der Waals surface area contributed by atoms with Gasteiger partial charge in [0, 0.05) is 30.4 Å². The Balaban J connectivity index is 1.89. The summed E-state index contributed by atoms with van der Waals surface area (Å²) in [5.41, 5.74) is 3.94. The van der Waals surface area contributed by atoms with Crippen LogP contribution in [-0.2, 0) is 0 Å². The maximum absolute atomic E-state index is 5.52. The van der Waals surface area contributed by atoms with Crippen molar-refractivity contribution in [2.75, 3.05) is 25.1 Å². The van der Waals surface area contributed by atoms with E-state index in [-0.39, 0.29) is 0 Å². The van der Waals surface area contributed by atoms with Gasteiger partial charge in [0.05, 0.1) is 18.9 Å². The smallest absolute Gasteiger partial charge is 0.165 e. The molecule has 0 N–H and O–H groups in total. The molecule has 3 heterocycles. The summed E-state index contributed by atoms with van der Waals surface area (Å²) < 4.78 is 7.49. The molecule has 5 heteroatoms. The van der Waals surface area contributed by atoms with E-state index in [0.717, 1.165) is 47.1 Å². The predicted octanol–water partition coefficient (Wildman–Crippen LogP) is 3.70. The summed E-state index contributed by atoms with van der Waals surface area (Å²) >= 11 is 0. The number of aryl methyl sites for hydroxylation is 1. The van der Waals surface area contributed by atoms with Gasteiger partial charge < -0.3 is 9.64 Å². The fraction of sp³-hybridized carbons (Fsp3) is 0.368. The maximum Gasteiger partial charge on any atom is 0.165 e. The lowest BCUT2D eigenvalue weighted by atomic mass is 10.1. The number of rotatable bonds is 3. The summed E-state index contributed by atoms with van der Waals surface area (Å²) in [4.78, 5) is 7.18. The number of piperidine rings is 1. The number of benzene rings is 1. The predicted molar refractivity (Wildman–Crippen MR) is 95.8 cm³/mol. The number of hydrogen-bond acceptors (Lipinski definition) is 4. The number of anilines is 1. The van der Waals surface area contributed by atoms with Crippen molar-refractivity contribution in [1.82, 2.24) is 14.6 Å². The molecule has 0 unspecified atom stereocenters. The largest absolute Gasteiger partial charge is 0.496 e. The Hall–Kier alpha value is -2.56. The van der Waals surface area contributed by atoms with Crippen LogP contribution in [-0.4, -0.2) is 34.8 Å². The van der Waals surface area contributed by atoms with Crippen LogP contribution in [0.4, 0.5) is 5.82 Å². The SMILES string of the molecule is COc1ccccc1-c1cnn2c(N3CCCCC3)cc(C)nc12. The zero-order valence-corrected chi connectivity index (χ0v) is 14.2. The van der Waals surface area contributed by atoms with E-state index in [9.17, 15) is 0 Å². The Kier molecular flexibility index (Phi) is 3.84. The molecule has 4 rings (SSSR count). The molecular weight excluding hydrogens is 300 g/mol. The third-order valence-electron chi connectivity index (χ3n) is 4.66. The molecule has 0 spiro atoms. The first-order valence-corrected chi connectivity index (χ1v) is 8.51. The highest BCUT2D eigenvalue weighted by Gasteiger charge is 2.19. The Morgan fingerprint density at radius 2 is 1.83 bits per heavy atom. The van der Waals surface area contributed by atoms with Gasteiger partial charge in [-0.05, 0) is 32.3 Å². The molecule has 1 saturated heterocycles. The zero-order chi connectivity index (χ0) is 16.5. The number of fused-ring (bicyclic) bond motifs is 1. The molecule has 24 heavy (non-hydrogen) atoms. The summed E-state index contributed by atoms with van der Waals surface area (Å²) in [6, 6.07) is 10.2. The van der Waals surface area contributed by atoms with E-state index in [2.05, 4.69) is 22.1 Å². The summed E-state index contributed by atoms with van der Waals surface area (Å²) in [5, 5.41) is 4.64. The van der Waals surface area contributed by atoms with E-state index in [1.54, 1.807) is 7.11 Å². The van der Waals surface area contributed by atoms with Gasteiger partial charge in [-0.3, -0.25) is 0 Å². The molecular formula is C19H22N4O. The highest BCUT2D eigenvalue weighted by molar-refractivity contribution is 5.82. The van der Waals surface area contributed by atoms with Crippen LogP contribution in [0.2, 0.25) is 0 Å². The minimum Gasteiger partial charge on any atom is -0.496 e. The number of hydrogen-bond donors (Lipinski definition) is 0. The van der Waals surface area contributed by atoms with Gasteiger partial charge in [0.1, 0.15) is 11.6 Å². The van der Waals surface area contributed by atoms with E-state index in [1.807, 2.05) is 35.8 Å². The highest BCUT2D eigenvalue weighted by atomic mass is 16.5. The second-order valence-electron chi connectivity index (χ2n) is 6.30. The van der Waals surface area contributed by atoms with Gasteiger partial charge in [-0.15, -0.1) is 0 Å². The Morgan fingerprint density at radius 1 is 1.04 bits per heavy atom. The second kappa shape index (κ2) is 6.15. The fourth-order valence-electron chi connectivity index (χ4n) is 3.47. The fourth-order valence-corrected chi connectivity index (χ4v) is 3.47. The Labute approximate surface area is 141 Å². The van der Waals surface area contributed by atoms with Crippen LogP contribution < -0.4 is 9.64 Å². The van der Waals surface area contributed by atoms with Crippen molar-refractivity contribution in [2.24, 2.45) is 0 Å². The number of ether oxygens (including phenoxy) is 1. The van der Waals surface area contributed by atoms with E-state index in [1.165, 1.54) is 19.3 Å². The third-order valence-corrected chi connectivity index (χ3v) is 4.66. The van der Waals surface area contributed by atoms with Crippen LogP contribution in [0.5, 0.6) is 5.75 Å².